The highest BCUT2D eigenvalue weighted by Crippen LogP contribution is 2.26. The van der Waals surface area contributed by atoms with Crippen molar-refractivity contribution in [2.45, 2.75) is 6.42 Å². The molecular formula is C11H9ClFNS. The summed E-state index contributed by atoms with van der Waals surface area (Å²) in [5, 5.41) is 2.64. The highest BCUT2D eigenvalue weighted by atomic mass is 35.5. The number of hydrogen-bond donors (Lipinski definition) is 0. The molecule has 4 heteroatoms. The first-order valence-electron chi connectivity index (χ1n) is 4.56. The van der Waals surface area contributed by atoms with Crippen LogP contribution in [0.25, 0.3) is 10.6 Å². The predicted octanol–water partition coefficient (Wildman–Crippen LogP) is 3.73. The van der Waals surface area contributed by atoms with Crippen LogP contribution < -0.4 is 0 Å². The second-order valence-corrected chi connectivity index (χ2v) is 4.30. The number of alkyl halides is 1. The minimum absolute atomic E-state index is 0.232. The molecule has 2 aromatic rings. The molecule has 0 saturated carbocycles. The van der Waals surface area contributed by atoms with Crippen LogP contribution in [0.2, 0.25) is 0 Å². The first-order chi connectivity index (χ1) is 7.31. The van der Waals surface area contributed by atoms with Crippen molar-refractivity contribution in [3.8, 4) is 10.6 Å². The van der Waals surface area contributed by atoms with Gasteiger partial charge in [-0.2, -0.15) is 0 Å². The summed E-state index contributed by atoms with van der Waals surface area (Å²) in [6.45, 7) is 0. The Morgan fingerprint density at radius 3 is 2.87 bits per heavy atom. The Morgan fingerprint density at radius 2 is 2.13 bits per heavy atom. The summed E-state index contributed by atoms with van der Waals surface area (Å²) >= 11 is 7.06. The smallest absolute Gasteiger partial charge is 0.133 e. The minimum Gasteiger partial charge on any atom is -0.241 e. The number of hydrogen-bond acceptors (Lipinski definition) is 2. The molecule has 0 N–H and O–H groups in total. The van der Waals surface area contributed by atoms with E-state index in [4.69, 9.17) is 11.6 Å². The van der Waals surface area contributed by atoms with Gasteiger partial charge in [-0.25, -0.2) is 9.37 Å². The van der Waals surface area contributed by atoms with Crippen LogP contribution in [-0.4, -0.2) is 10.9 Å². The van der Waals surface area contributed by atoms with Crippen molar-refractivity contribution in [3.63, 3.8) is 0 Å². The molecule has 0 atom stereocenters. The molecule has 0 fully saturated rings. The van der Waals surface area contributed by atoms with E-state index in [1.807, 2.05) is 5.38 Å². The molecule has 0 saturated heterocycles. The second-order valence-electron chi connectivity index (χ2n) is 3.06. The third-order valence-corrected chi connectivity index (χ3v) is 3.12. The summed E-state index contributed by atoms with van der Waals surface area (Å²) in [5.74, 6) is 0.310. The van der Waals surface area contributed by atoms with Gasteiger partial charge in [-0.1, -0.05) is 12.1 Å². The lowest BCUT2D eigenvalue weighted by Gasteiger charge is -1.96. The van der Waals surface area contributed by atoms with E-state index in [2.05, 4.69) is 4.98 Å². The first kappa shape index (κ1) is 10.6. The molecule has 15 heavy (non-hydrogen) atoms. The third-order valence-electron chi connectivity index (χ3n) is 2.01. The van der Waals surface area contributed by atoms with Crippen molar-refractivity contribution >= 4 is 22.9 Å². The van der Waals surface area contributed by atoms with E-state index in [9.17, 15) is 4.39 Å². The van der Waals surface area contributed by atoms with E-state index in [0.717, 1.165) is 12.1 Å². The number of nitrogens with zero attached hydrogens (tertiary/aromatic N) is 1. The van der Waals surface area contributed by atoms with E-state index in [-0.39, 0.29) is 5.82 Å². The molecule has 0 bridgehead atoms. The molecule has 2 rings (SSSR count). The fraction of sp³-hybridized carbons (Fsp3) is 0.182. The zero-order chi connectivity index (χ0) is 10.7. The van der Waals surface area contributed by atoms with Gasteiger partial charge in [0.05, 0.1) is 5.69 Å². The Kier molecular flexibility index (Phi) is 3.34. The molecule has 0 spiro atoms. The molecular weight excluding hydrogens is 233 g/mol. The topological polar surface area (TPSA) is 12.9 Å². The molecule has 1 aromatic heterocycles. The first-order valence-corrected chi connectivity index (χ1v) is 5.98. The van der Waals surface area contributed by atoms with E-state index in [1.54, 1.807) is 18.2 Å². The summed E-state index contributed by atoms with van der Waals surface area (Å²) < 4.78 is 13.4. The van der Waals surface area contributed by atoms with Crippen molar-refractivity contribution in [1.82, 2.24) is 4.98 Å². The Bertz CT molecular complexity index is 455. The lowest BCUT2D eigenvalue weighted by Crippen LogP contribution is -1.87. The van der Waals surface area contributed by atoms with Crippen LogP contribution >= 0.6 is 22.9 Å². The third kappa shape index (κ3) is 2.36. The zero-order valence-electron chi connectivity index (χ0n) is 7.91. The lowest BCUT2D eigenvalue weighted by atomic mass is 10.2. The largest absolute Gasteiger partial charge is 0.241 e. The van der Waals surface area contributed by atoms with E-state index in [1.165, 1.54) is 17.4 Å². The molecule has 0 aliphatic heterocycles. The fourth-order valence-electron chi connectivity index (χ4n) is 1.28. The number of aryl methyl sites for hydroxylation is 1. The van der Waals surface area contributed by atoms with Crippen LogP contribution in [-0.2, 0) is 6.42 Å². The molecule has 0 amide bonds. The van der Waals surface area contributed by atoms with Crippen molar-refractivity contribution < 1.29 is 4.39 Å². The van der Waals surface area contributed by atoms with Gasteiger partial charge in [-0.15, -0.1) is 22.9 Å². The predicted molar refractivity (Wildman–Crippen MR) is 61.9 cm³/mol. The normalized spacial score (nSPS) is 10.5. The average Bonchev–Trinajstić information content (AvgIpc) is 2.68. The number of halogens is 2. The number of aromatic nitrogens is 1. The SMILES string of the molecule is Fc1ccccc1-c1nc(CCCl)cs1. The summed E-state index contributed by atoms with van der Waals surface area (Å²) in [5.41, 5.74) is 1.48. The molecule has 78 valence electrons. The van der Waals surface area contributed by atoms with Crippen molar-refractivity contribution in [1.29, 1.82) is 0 Å². The van der Waals surface area contributed by atoms with E-state index < -0.39 is 0 Å². The maximum Gasteiger partial charge on any atom is 0.133 e. The van der Waals surface area contributed by atoms with Crippen LogP contribution in [0.4, 0.5) is 4.39 Å². The van der Waals surface area contributed by atoms with Crippen molar-refractivity contribution in [3.05, 3.63) is 41.2 Å². The maximum atomic E-state index is 13.4. The minimum atomic E-state index is -0.232. The Balaban J connectivity index is 2.33. The van der Waals surface area contributed by atoms with Crippen molar-refractivity contribution in [2.24, 2.45) is 0 Å². The van der Waals surface area contributed by atoms with E-state index in [0.29, 0.717) is 16.5 Å². The van der Waals surface area contributed by atoms with Crippen LogP contribution in [0.5, 0.6) is 0 Å². The average molecular weight is 242 g/mol. The summed E-state index contributed by atoms with van der Waals surface area (Å²) in [7, 11) is 0. The molecule has 1 aromatic carbocycles. The van der Waals surface area contributed by atoms with Gasteiger partial charge in [0.1, 0.15) is 10.8 Å². The fourth-order valence-corrected chi connectivity index (χ4v) is 2.35. The highest BCUT2D eigenvalue weighted by molar-refractivity contribution is 7.13. The van der Waals surface area contributed by atoms with Gasteiger partial charge in [0.15, 0.2) is 0 Å². The summed E-state index contributed by atoms with van der Waals surface area (Å²) in [6.07, 6.45) is 0.729. The Labute approximate surface area is 96.5 Å². The van der Waals surface area contributed by atoms with Crippen LogP contribution in [0.3, 0.4) is 0 Å². The van der Waals surface area contributed by atoms with Gasteiger partial charge in [0.2, 0.25) is 0 Å². The Hall–Kier alpha value is -0.930. The van der Waals surface area contributed by atoms with Gasteiger partial charge >= 0.3 is 0 Å². The van der Waals surface area contributed by atoms with Crippen LogP contribution in [0.15, 0.2) is 29.6 Å². The lowest BCUT2D eigenvalue weighted by molar-refractivity contribution is 0.631. The summed E-state index contributed by atoms with van der Waals surface area (Å²) in [6, 6.07) is 6.66. The summed E-state index contributed by atoms with van der Waals surface area (Å²) in [4.78, 5) is 4.33. The van der Waals surface area contributed by atoms with Gasteiger partial charge < -0.3 is 0 Å². The molecule has 0 aliphatic carbocycles. The maximum absolute atomic E-state index is 13.4. The van der Waals surface area contributed by atoms with Crippen LogP contribution in [0, 0.1) is 5.82 Å². The zero-order valence-corrected chi connectivity index (χ0v) is 9.48. The van der Waals surface area contributed by atoms with Gasteiger partial charge in [0, 0.05) is 23.2 Å². The van der Waals surface area contributed by atoms with Gasteiger partial charge in [-0.05, 0) is 12.1 Å². The molecule has 1 heterocycles. The van der Waals surface area contributed by atoms with Crippen molar-refractivity contribution in [2.75, 3.05) is 5.88 Å². The standard InChI is InChI=1S/C11H9ClFNS/c12-6-5-8-7-15-11(14-8)9-3-1-2-4-10(9)13/h1-4,7H,5-6H2. The second kappa shape index (κ2) is 4.73. The highest BCUT2D eigenvalue weighted by Gasteiger charge is 2.08. The van der Waals surface area contributed by atoms with Crippen LogP contribution in [0.1, 0.15) is 5.69 Å². The van der Waals surface area contributed by atoms with E-state index >= 15 is 0 Å². The Morgan fingerprint density at radius 1 is 1.33 bits per heavy atom. The van der Waals surface area contributed by atoms with Gasteiger partial charge in [-0.3, -0.25) is 0 Å². The monoisotopic (exact) mass is 241 g/mol. The number of thiazole rings is 1. The number of benzene rings is 1. The molecule has 1 nitrogen and oxygen atoms in total. The molecule has 0 unspecified atom stereocenters. The molecule has 0 aliphatic rings. The quantitative estimate of drug-likeness (QED) is 0.747. The number of rotatable bonds is 3. The van der Waals surface area contributed by atoms with Gasteiger partial charge in [0.25, 0.3) is 0 Å². The molecule has 0 radical (unpaired) electrons.